The summed E-state index contributed by atoms with van der Waals surface area (Å²) in [4.78, 5) is 29.9. The van der Waals surface area contributed by atoms with Crippen molar-refractivity contribution in [2.45, 2.75) is 72.2 Å². The number of nitrogens with one attached hydrogen (secondary N) is 2. The van der Waals surface area contributed by atoms with Gasteiger partial charge < -0.3 is 20.3 Å². The lowest BCUT2D eigenvalue weighted by molar-refractivity contribution is -0.138. The maximum atomic E-state index is 13.1. The molecule has 0 fully saturated rings. The van der Waals surface area contributed by atoms with Crippen LogP contribution in [-0.4, -0.2) is 74.6 Å². The first kappa shape index (κ1) is 28.9. The smallest absolute Gasteiger partial charge is 0.242 e. The number of ether oxygens (including phenoxy) is 1. The summed E-state index contributed by atoms with van der Waals surface area (Å²) in [5, 5.41) is 6.04. The van der Waals surface area contributed by atoms with Gasteiger partial charge in [-0.05, 0) is 43.0 Å². The third-order valence-corrected chi connectivity index (χ3v) is 6.59. The third-order valence-electron chi connectivity index (χ3n) is 6.59. The largest absolute Gasteiger partial charge is 0.388 e. The van der Waals surface area contributed by atoms with E-state index in [0.29, 0.717) is 12.5 Å². The molecule has 2 N–H and O–H groups in total. The molecule has 4 unspecified atom stereocenters. The minimum absolute atomic E-state index is 0.0191. The van der Waals surface area contributed by atoms with Gasteiger partial charge in [0.1, 0.15) is 0 Å². The van der Waals surface area contributed by atoms with Crippen molar-refractivity contribution < 1.29 is 14.3 Å². The van der Waals surface area contributed by atoms with E-state index in [2.05, 4.69) is 43.5 Å². The highest BCUT2D eigenvalue weighted by Crippen LogP contribution is 2.21. The molecule has 33 heavy (non-hydrogen) atoms. The van der Waals surface area contributed by atoms with Gasteiger partial charge in [0, 0.05) is 33.4 Å². The molecule has 1 rings (SSSR count). The van der Waals surface area contributed by atoms with E-state index in [-0.39, 0.29) is 42.5 Å². The number of likely N-dealkylation sites (N-methyl/N-ethyl adjacent to an activating group) is 2. The predicted octanol–water partition coefficient (Wildman–Crippen LogP) is 3.60. The average Bonchev–Trinajstić information content (AvgIpc) is 2.79. The van der Waals surface area contributed by atoms with Gasteiger partial charge in [0.05, 0.1) is 24.7 Å². The number of benzene rings is 1. The molecule has 0 aliphatic carbocycles. The molecule has 0 bridgehead atoms. The molecule has 0 heterocycles. The van der Waals surface area contributed by atoms with E-state index < -0.39 is 0 Å². The van der Waals surface area contributed by atoms with Crippen LogP contribution in [0.4, 0.5) is 5.69 Å². The fourth-order valence-electron chi connectivity index (χ4n) is 4.57. The van der Waals surface area contributed by atoms with E-state index in [0.717, 1.165) is 24.1 Å². The molecule has 0 aliphatic rings. The second-order valence-corrected chi connectivity index (χ2v) is 9.34. The SMILES string of the molecule is CCC(C)C(C(CC)OC)N(C)C(=O)CNC(=O)C(C(C)C)N(C)Cc1cccc(NC)c1. The first-order valence-corrected chi connectivity index (χ1v) is 12.1. The molecule has 1 aromatic rings. The number of anilines is 1. The molecule has 0 saturated heterocycles. The van der Waals surface area contributed by atoms with Gasteiger partial charge in [-0.15, -0.1) is 0 Å². The van der Waals surface area contributed by atoms with E-state index in [9.17, 15) is 9.59 Å². The molecule has 7 nitrogen and oxygen atoms in total. The van der Waals surface area contributed by atoms with Gasteiger partial charge in [-0.25, -0.2) is 0 Å². The lowest BCUT2D eigenvalue weighted by atomic mass is 9.91. The summed E-state index contributed by atoms with van der Waals surface area (Å²) in [6.45, 7) is 11.0. The molecule has 0 radical (unpaired) electrons. The Balaban J connectivity index is 2.84. The minimum atomic E-state index is -0.339. The maximum absolute atomic E-state index is 13.1. The van der Waals surface area contributed by atoms with Crippen molar-refractivity contribution in [3.05, 3.63) is 29.8 Å². The lowest BCUT2D eigenvalue weighted by Crippen LogP contribution is -2.54. The van der Waals surface area contributed by atoms with Gasteiger partial charge in [0.25, 0.3) is 0 Å². The van der Waals surface area contributed by atoms with E-state index in [4.69, 9.17) is 4.74 Å². The standard InChI is InChI=1S/C26H46N4O3/c1-10-19(5)25(22(11-2)33-9)30(8)23(31)16-28-26(32)24(18(3)4)29(7)17-20-13-12-14-21(15-20)27-6/h12-15,18-19,22,24-25,27H,10-11,16-17H2,1-9H3,(H,28,32). The highest BCUT2D eigenvalue weighted by Gasteiger charge is 2.32. The van der Waals surface area contributed by atoms with Crippen molar-refractivity contribution in [2.75, 3.05) is 40.1 Å². The summed E-state index contributed by atoms with van der Waals surface area (Å²) < 4.78 is 5.66. The number of carbonyl (C=O) groups excluding carboxylic acids is 2. The van der Waals surface area contributed by atoms with E-state index in [1.165, 1.54) is 0 Å². The average molecular weight is 463 g/mol. The Morgan fingerprint density at radius 2 is 1.76 bits per heavy atom. The number of amides is 2. The van der Waals surface area contributed by atoms with E-state index >= 15 is 0 Å². The number of nitrogens with zero attached hydrogens (tertiary/aromatic N) is 2. The number of rotatable bonds is 14. The number of methoxy groups -OCH3 is 1. The van der Waals surface area contributed by atoms with Crippen LogP contribution in [0.5, 0.6) is 0 Å². The first-order valence-electron chi connectivity index (χ1n) is 12.1. The van der Waals surface area contributed by atoms with Crippen LogP contribution < -0.4 is 10.6 Å². The van der Waals surface area contributed by atoms with Crippen molar-refractivity contribution in [1.29, 1.82) is 0 Å². The van der Waals surface area contributed by atoms with Gasteiger partial charge in [0.2, 0.25) is 11.8 Å². The highest BCUT2D eigenvalue weighted by molar-refractivity contribution is 5.87. The van der Waals surface area contributed by atoms with Crippen LogP contribution in [0, 0.1) is 11.8 Å². The molecule has 0 spiro atoms. The highest BCUT2D eigenvalue weighted by atomic mass is 16.5. The summed E-state index contributed by atoms with van der Waals surface area (Å²) in [5.74, 6) is 0.164. The van der Waals surface area contributed by atoms with Crippen molar-refractivity contribution >= 4 is 17.5 Å². The van der Waals surface area contributed by atoms with Crippen LogP contribution in [0.2, 0.25) is 0 Å². The van der Waals surface area contributed by atoms with Crippen molar-refractivity contribution in [3.63, 3.8) is 0 Å². The van der Waals surface area contributed by atoms with Gasteiger partial charge in [-0.2, -0.15) is 0 Å². The second-order valence-electron chi connectivity index (χ2n) is 9.34. The van der Waals surface area contributed by atoms with Gasteiger partial charge in [-0.1, -0.05) is 53.2 Å². The monoisotopic (exact) mass is 462 g/mol. The van der Waals surface area contributed by atoms with Crippen molar-refractivity contribution in [3.8, 4) is 0 Å². The zero-order chi connectivity index (χ0) is 25.1. The maximum Gasteiger partial charge on any atom is 0.242 e. The lowest BCUT2D eigenvalue weighted by Gasteiger charge is -2.37. The van der Waals surface area contributed by atoms with Crippen LogP contribution in [-0.2, 0) is 20.9 Å². The Morgan fingerprint density at radius 1 is 1.09 bits per heavy atom. The summed E-state index contributed by atoms with van der Waals surface area (Å²) in [6, 6.07) is 7.79. The summed E-state index contributed by atoms with van der Waals surface area (Å²) >= 11 is 0. The Kier molecular flexibility index (Phi) is 12.4. The zero-order valence-electron chi connectivity index (χ0n) is 22.1. The van der Waals surface area contributed by atoms with Crippen LogP contribution in [0.3, 0.4) is 0 Å². The molecule has 4 atom stereocenters. The molecule has 0 aliphatic heterocycles. The third kappa shape index (κ3) is 8.31. The second kappa shape index (κ2) is 14.2. The molecule has 0 saturated carbocycles. The molecule has 188 valence electrons. The topological polar surface area (TPSA) is 73.9 Å². The summed E-state index contributed by atoms with van der Waals surface area (Å²) in [5.41, 5.74) is 2.16. The Morgan fingerprint density at radius 3 is 2.27 bits per heavy atom. The van der Waals surface area contributed by atoms with Crippen LogP contribution in [0.15, 0.2) is 24.3 Å². The van der Waals surface area contributed by atoms with Gasteiger partial charge >= 0.3 is 0 Å². The Bertz CT molecular complexity index is 736. The van der Waals surface area contributed by atoms with Crippen molar-refractivity contribution in [1.82, 2.24) is 15.1 Å². The quantitative estimate of drug-likeness (QED) is 0.442. The molecule has 2 amide bonds. The molecule has 1 aromatic carbocycles. The Labute approximate surface area is 201 Å². The number of carbonyl (C=O) groups is 2. The van der Waals surface area contributed by atoms with Crippen LogP contribution in [0.1, 0.15) is 53.0 Å². The minimum Gasteiger partial charge on any atom is -0.388 e. The zero-order valence-corrected chi connectivity index (χ0v) is 22.1. The van der Waals surface area contributed by atoms with Gasteiger partial charge in [0.15, 0.2) is 0 Å². The van der Waals surface area contributed by atoms with E-state index in [1.807, 2.05) is 52.0 Å². The fraction of sp³-hybridized carbons (Fsp3) is 0.692. The summed E-state index contributed by atoms with van der Waals surface area (Å²) in [6.07, 6.45) is 1.74. The normalized spacial score (nSPS) is 15.1. The first-order chi connectivity index (χ1) is 15.6. The van der Waals surface area contributed by atoms with Crippen LogP contribution in [0.25, 0.3) is 0 Å². The van der Waals surface area contributed by atoms with Crippen molar-refractivity contribution in [2.24, 2.45) is 11.8 Å². The fourth-order valence-corrected chi connectivity index (χ4v) is 4.57. The van der Waals surface area contributed by atoms with E-state index in [1.54, 1.807) is 12.0 Å². The molecular formula is C26H46N4O3. The summed E-state index contributed by atoms with van der Waals surface area (Å²) in [7, 11) is 7.35. The molecule has 7 heteroatoms. The van der Waals surface area contributed by atoms with Gasteiger partial charge in [-0.3, -0.25) is 14.5 Å². The Hall–Kier alpha value is -2.12. The van der Waals surface area contributed by atoms with Crippen LogP contribution >= 0.6 is 0 Å². The number of hydrogen-bond acceptors (Lipinski definition) is 5. The molecule has 0 aromatic heterocycles. The molecular weight excluding hydrogens is 416 g/mol. The predicted molar refractivity (Wildman–Crippen MR) is 136 cm³/mol. The number of hydrogen-bond donors (Lipinski definition) is 2.